The molecule has 0 aliphatic carbocycles. The Balaban J connectivity index is 2.07. The number of hydrogen-bond acceptors (Lipinski definition) is 2. The van der Waals surface area contributed by atoms with Crippen molar-refractivity contribution < 1.29 is 4.39 Å². The highest BCUT2D eigenvalue weighted by Crippen LogP contribution is 2.26. The van der Waals surface area contributed by atoms with Gasteiger partial charge in [0.25, 0.3) is 0 Å². The molecule has 0 amide bonds. The van der Waals surface area contributed by atoms with E-state index in [2.05, 4.69) is 17.2 Å². The van der Waals surface area contributed by atoms with Gasteiger partial charge in [0, 0.05) is 12.5 Å². The second kappa shape index (κ2) is 3.04. The van der Waals surface area contributed by atoms with Crippen molar-refractivity contribution in [2.24, 2.45) is 16.8 Å². The number of aliphatic imine (C=N–C) groups is 1. The Morgan fingerprint density at radius 1 is 1.50 bits per heavy atom. The summed E-state index contributed by atoms with van der Waals surface area (Å²) in [6.45, 7) is 3.57. The van der Waals surface area contributed by atoms with Gasteiger partial charge in [-0.1, -0.05) is 6.92 Å². The normalized spacial score (nSPS) is 41.2. The summed E-state index contributed by atoms with van der Waals surface area (Å²) in [5.41, 5.74) is 0. The van der Waals surface area contributed by atoms with Gasteiger partial charge in [-0.15, -0.1) is 0 Å². The fraction of sp³-hybridized carbons (Fsp3) is 0.889. The van der Waals surface area contributed by atoms with Crippen molar-refractivity contribution in [3.63, 3.8) is 0 Å². The molecule has 2 rings (SSSR count). The van der Waals surface area contributed by atoms with Crippen LogP contribution in [0.3, 0.4) is 0 Å². The summed E-state index contributed by atoms with van der Waals surface area (Å²) < 4.78 is 12.9. The second-order valence-electron chi connectivity index (χ2n) is 3.98. The number of fused-ring (bicyclic) bond motifs is 1. The van der Waals surface area contributed by atoms with Crippen molar-refractivity contribution in [1.82, 2.24) is 5.32 Å². The summed E-state index contributed by atoms with van der Waals surface area (Å²) in [5, 5.41) is 3.27. The molecule has 2 heterocycles. The highest BCUT2D eigenvalue weighted by molar-refractivity contribution is 5.85. The summed E-state index contributed by atoms with van der Waals surface area (Å²) >= 11 is 0. The molecule has 2 nitrogen and oxygen atoms in total. The van der Waals surface area contributed by atoms with E-state index in [0.29, 0.717) is 24.8 Å². The standard InChI is InChI=1S/C9H15FN2/c1-6-2-7-3-8(10)5-12-9(7)11-4-6/h6-8H,2-5H2,1H3,(H,11,12). The number of nitrogens with zero attached hydrogens (tertiary/aromatic N) is 1. The van der Waals surface area contributed by atoms with Gasteiger partial charge in [0.15, 0.2) is 0 Å². The molecule has 1 saturated heterocycles. The fourth-order valence-corrected chi connectivity index (χ4v) is 2.08. The van der Waals surface area contributed by atoms with E-state index >= 15 is 0 Å². The zero-order valence-corrected chi connectivity index (χ0v) is 7.39. The maximum Gasteiger partial charge on any atom is 0.120 e. The number of rotatable bonds is 0. The topological polar surface area (TPSA) is 24.4 Å². The van der Waals surface area contributed by atoms with E-state index < -0.39 is 6.17 Å². The van der Waals surface area contributed by atoms with E-state index in [1.54, 1.807) is 0 Å². The Morgan fingerprint density at radius 2 is 2.33 bits per heavy atom. The van der Waals surface area contributed by atoms with Crippen LogP contribution in [0.4, 0.5) is 4.39 Å². The number of piperidine rings is 1. The molecule has 1 N–H and O–H groups in total. The van der Waals surface area contributed by atoms with Crippen molar-refractivity contribution in [2.75, 3.05) is 13.1 Å². The lowest BCUT2D eigenvalue weighted by atomic mass is 9.85. The number of alkyl halides is 1. The van der Waals surface area contributed by atoms with Crippen molar-refractivity contribution in [2.45, 2.75) is 25.9 Å². The number of amidine groups is 1. The van der Waals surface area contributed by atoms with Crippen LogP contribution in [0, 0.1) is 11.8 Å². The third-order valence-corrected chi connectivity index (χ3v) is 2.71. The molecule has 3 atom stereocenters. The first-order valence-corrected chi connectivity index (χ1v) is 4.68. The Labute approximate surface area is 72.3 Å². The lowest BCUT2D eigenvalue weighted by Crippen LogP contribution is -2.44. The van der Waals surface area contributed by atoms with Crippen molar-refractivity contribution in [1.29, 1.82) is 0 Å². The van der Waals surface area contributed by atoms with E-state index in [0.717, 1.165) is 18.8 Å². The first-order chi connectivity index (χ1) is 5.75. The largest absolute Gasteiger partial charge is 0.373 e. The molecule has 0 spiro atoms. The van der Waals surface area contributed by atoms with Crippen molar-refractivity contribution >= 4 is 5.84 Å². The summed E-state index contributed by atoms with van der Waals surface area (Å²) in [7, 11) is 0. The molecule has 1 fully saturated rings. The molecular weight excluding hydrogens is 155 g/mol. The number of halogens is 1. The Bertz CT molecular complexity index is 203. The van der Waals surface area contributed by atoms with E-state index in [1.807, 2.05) is 0 Å². The first-order valence-electron chi connectivity index (χ1n) is 4.68. The molecule has 0 radical (unpaired) electrons. The summed E-state index contributed by atoms with van der Waals surface area (Å²) in [4.78, 5) is 4.20. The van der Waals surface area contributed by atoms with Crippen LogP contribution in [0.25, 0.3) is 0 Å². The third-order valence-electron chi connectivity index (χ3n) is 2.71. The van der Waals surface area contributed by atoms with Crippen LogP contribution in [0.2, 0.25) is 0 Å². The molecule has 0 aromatic rings. The lowest BCUT2D eigenvalue weighted by molar-refractivity contribution is 0.257. The van der Waals surface area contributed by atoms with Gasteiger partial charge in [0.05, 0.1) is 12.4 Å². The van der Waals surface area contributed by atoms with Crippen LogP contribution < -0.4 is 5.32 Å². The summed E-state index contributed by atoms with van der Waals surface area (Å²) in [6.07, 6.45) is 1.08. The highest BCUT2D eigenvalue weighted by Gasteiger charge is 2.30. The number of nitrogens with one attached hydrogen (secondary N) is 1. The quantitative estimate of drug-likeness (QED) is 0.583. The van der Waals surface area contributed by atoms with Gasteiger partial charge in [-0.25, -0.2) is 4.39 Å². The molecule has 3 heteroatoms. The minimum atomic E-state index is -0.703. The average Bonchev–Trinajstić information content (AvgIpc) is 2.03. The fourth-order valence-electron chi connectivity index (χ4n) is 2.08. The summed E-state index contributed by atoms with van der Waals surface area (Å²) in [5.74, 6) is 2.10. The van der Waals surface area contributed by atoms with Gasteiger partial charge in [-0.2, -0.15) is 0 Å². The van der Waals surface area contributed by atoms with Crippen molar-refractivity contribution in [3.05, 3.63) is 0 Å². The maximum atomic E-state index is 12.9. The van der Waals surface area contributed by atoms with Gasteiger partial charge in [0.1, 0.15) is 6.17 Å². The van der Waals surface area contributed by atoms with E-state index in [-0.39, 0.29) is 0 Å². The predicted octanol–water partition coefficient (Wildman–Crippen LogP) is 1.37. The van der Waals surface area contributed by atoms with Crippen LogP contribution in [0.5, 0.6) is 0 Å². The predicted molar refractivity (Wildman–Crippen MR) is 47.1 cm³/mol. The smallest absolute Gasteiger partial charge is 0.120 e. The molecule has 0 aromatic heterocycles. The molecule has 0 saturated carbocycles. The van der Waals surface area contributed by atoms with Gasteiger partial charge >= 0.3 is 0 Å². The van der Waals surface area contributed by atoms with Crippen molar-refractivity contribution in [3.8, 4) is 0 Å². The van der Waals surface area contributed by atoms with E-state index in [1.165, 1.54) is 0 Å². The van der Waals surface area contributed by atoms with Crippen LogP contribution in [-0.2, 0) is 0 Å². The van der Waals surface area contributed by atoms with Gasteiger partial charge < -0.3 is 5.32 Å². The molecule has 12 heavy (non-hydrogen) atoms. The SMILES string of the molecule is CC1CNC2=NCC(F)CC2C1. The monoisotopic (exact) mass is 170 g/mol. The minimum Gasteiger partial charge on any atom is -0.373 e. The number of hydrogen-bond donors (Lipinski definition) is 1. The minimum absolute atomic E-state index is 0.368. The maximum absolute atomic E-state index is 12.9. The first kappa shape index (κ1) is 8.02. The molecular formula is C9H15FN2. The molecule has 68 valence electrons. The van der Waals surface area contributed by atoms with E-state index in [4.69, 9.17) is 0 Å². The molecule has 3 unspecified atom stereocenters. The highest BCUT2D eigenvalue weighted by atomic mass is 19.1. The van der Waals surface area contributed by atoms with E-state index in [9.17, 15) is 4.39 Å². The summed E-state index contributed by atoms with van der Waals surface area (Å²) in [6, 6.07) is 0. The molecule has 0 aromatic carbocycles. The second-order valence-corrected chi connectivity index (χ2v) is 3.98. The zero-order chi connectivity index (χ0) is 8.55. The molecule has 2 aliphatic heterocycles. The molecule has 2 aliphatic rings. The Hall–Kier alpha value is -0.600. The van der Waals surface area contributed by atoms with Gasteiger partial charge in [0.2, 0.25) is 0 Å². The van der Waals surface area contributed by atoms with Crippen LogP contribution in [-0.4, -0.2) is 25.1 Å². The third kappa shape index (κ3) is 1.45. The van der Waals surface area contributed by atoms with Gasteiger partial charge in [-0.3, -0.25) is 4.99 Å². The lowest BCUT2D eigenvalue weighted by Gasteiger charge is -2.33. The Morgan fingerprint density at radius 3 is 3.17 bits per heavy atom. The van der Waals surface area contributed by atoms with Gasteiger partial charge in [-0.05, 0) is 18.8 Å². The zero-order valence-electron chi connectivity index (χ0n) is 7.39. The van der Waals surface area contributed by atoms with Crippen LogP contribution >= 0.6 is 0 Å². The van der Waals surface area contributed by atoms with Crippen LogP contribution in [0.15, 0.2) is 4.99 Å². The van der Waals surface area contributed by atoms with Crippen LogP contribution in [0.1, 0.15) is 19.8 Å². The molecule has 0 bridgehead atoms. The average molecular weight is 170 g/mol. The Kier molecular flexibility index (Phi) is 2.03.